The van der Waals surface area contributed by atoms with Crippen LogP contribution in [0.1, 0.15) is 36.2 Å². The van der Waals surface area contributed by atoms with E-state index in [1.807, 2.05) is 31.2 Å². The molecule has 2 N–H and O–H groups in total. The SMILES string of the molecule is CCCOc1ccc(/C(C)=N\Nc2ccc(C(=O)O)cc2)cc1. The largest absolute Gasteiger partial charge is 0.494 e. The van der Waals surface area contributed by atoms with Crippen molar-refractivity contribution in [3.63, 3.8) is 0 Å². The van der Waals surface area contributed by atoms with Crippen LogP contribution in [0.2, 0.25) is 0 Å². The zero-order chi connectivity index (χ0) is 16.7. The summed E-state index contributed by atoms with van der Waals surface area (Å²) in [4.78, 5) is 10.8. The second-order valence-electron chi connectivity index (χ2n) is 5.06. The van der Waals surface area contributed by atoms with E-state index in [1.165, 1.54) is 12.1 Å². The molecule has 2 rings (SSSR count). The number of rotatable bonds is 7. The highest BCUT2D eigenvalue weighted by atomic mass is 16.5. The summed E-state index contributed by atoms with van der Waals surface area (Å²) in [7, 11) is 0. The fourth-order valence-electron chi connectivity index (χ4n) is 1.91. The molecule has 0 bridgehead atoms. The summed E-state index contributed by atoms with van der Waals surface area (Å²) >= 11 is 0. The van der Waals surface area contributed by atoms with Crippen molar-refractivity contribution < 1.29 is 14.6 Å². The number of anilines is 1. The lowest BCUT2D eigenvalue weighted by Gasteiger charge is -2.07. The summed E-state index contributed by atoms with van der Waals surface area (Å²) in [6.45, 7) is 4.68. The summed E-state index contributed by atoms with van der Waals surface area (Å²) < 4.78 is 5.55. The van der Waals surface area contributed by atoms with Crippen molar-refractivity contribution in [3.05, 3.63) is 59.7 Å². The van der Waals surface area contributed by atoms with Crippen LogP contribution < -0.4 is 10.2 Å². The number of hydrazone groups is 1. The van der Waals surface area contributed by atoms with Crippen molar-refractivity contribution in [2.45, 2.75) is 20.3 Å². The van der Waals surface area contributed by atoms with Gasteiger partial charge in [0.1, 0.15) is 5.75 Å². The molecule has 0 radical (unpaired) electrons. The molecule has 5 nitrogen and oxygen atoms in total. The zero-order valence-corrected chi connectivity index (χ0v) is 13.2. The van der Waals surface area contributed by atoms with E-state index in [0.717, 1.165) is 29.1 Å². The molecule has 2 aromatic carbocycles. The van der Waals surface area contributed by atoms with Crippen LogP contribution in [0, 0.1) is 0 Å². The van der Waals surface area contributed by atoms with Gasteiger partial charge >= 0.3 is 5.97 Å². The van der Waals surface area contributed by atoms with Gasteiger partial charge in [0.15, 0.2) is 0 Å². The van der Waals surface area contributed by atoms with Crippen LogP contribution in [0.5, 0.6) is 5.75 Å². The van der Waals surface area contributed by atoms with E-state index in [-0.39, 0.29) is 5.56 Å². The Kier molecular flexibility index (Phi) is 5.74. The Morgan fingerprint density at radius 2 is 1.70 bits per heavy atom. The van der Waals surface area contributed by atoms with E-state index >= 15 is 0 Å². The van der Waals surface area contributed by atoms with Gasteiger partial charge < -0.3 is 9.84 Å². The van der Waals surface area contributed by atoms with Crippen LogP contribution in [0.3, 0.4) is 0 Å². The molecule has 0 aliphatic heterocycles. The number of aromatic carboxylic acids is 1. The molecule has 0 saturated carbocycles. The Labute approximate surface area is 135 Å². The minimum atomic E-state index is -0.943. The predicted octanol–water partition coefficient (Wildman–Crippen LogP) is 4.01. The second kappa shape index (κ2) is 7.98. The average molecular weight is 312 g/mol. The lowest BCUT2D eigenvalue weighted by molar-refractivity contribution is 0.0697. The lowest BCUT2D eigenvalue weighted by atomic mass is 10.1. The molecule has 0 heterocycles. The van der Waals surface area contributed by atoms with Crippen LogP contribution in [-0.2, 0) is 0 Å². The highest BCUT2D eigenvalue weighted by molar-refractivity contribution is 5.99. The van der Waals surface area contributed by atoms with E-state index in [0.29, 0.717) is 6.61 Å². The first-order chi connectivity index (χ1) is 11.1. The molecule has 2 aromatic rings. The highest BCUT2D eigenvalue weighted by Crippen LogP contribution is 2.14. The molecule has 0 spiro atoms. The lowest BCUT2D eigenvalue weighted by Crippen LogP contribution is -2.01. The summed E-state index contributed by atoms with van der Waals surface area (Å²) in [5.41, 5.74) is 5.72. The van der Waals surface area contributed by atoms with E-state index in [4.69, 9.17) is 9.84 Å². The number of nitrogens with zero attached hydrogens (tertiary/aromatic N) is 1. The Hall–Kier alpha value is -2.82. The Balaban J connectivity index is 2.00. The van der Waals surface area contributed by atoms with Gasteiger partial charge in [-0.1, -0.05) is 6.92 Å². The molecule has 23 heavy (non-hydrogen) atoms. The fourth-order valence-corrected chi connectivity index (χ4v) is 1.91. The molecule has 5 heteroatoms. The highest BCUT2D eigenvalue weighted by Gasteiger charge is 2.02. The van der Waals surface area contributed by atoms with Gasteiger partial charge in [-0.05, 0) is 67.4 Å². The van der Waals surface area contributed by atoms with Gasteiger partial charge in [-0.15, -0.1) is 0 Å². The molecule has 0 aliphatic rings. The molecular weight excluding hydrogens is 292 g/mol. The van der Waals surface area contributed by atoms with Crippen LogP contribution in [-0.4, -0.2) is 23.4 Å². The molecule has 0 unspecified atom stereocenters. The maximum atomic E-state index is 10.8. The normalized spacial score (nSPS) is 11.1. The third-order valence-electron chi connectivity index (χ3n) is 3.23. The first-order valence-electron chi connectivity index (χ1n) is 7.47. The van der Waals surface area contributed by atoms with Crippen molar-refractivity contribution in [2.75, 3.05) is 12.0 Å². The van der Waals surface area contributed by atoms with Gasteiger partial charge in [-0.3, -0.25) is 5.43 Å². The molecule has 0 aromatic heterocycles. The minimum absolute atomic E-state index is 0.249. The fraction of sp³-hybridized carbons (Fsp3) is 0.222. The summed E-state index contributed by atoms with van der Waals surface area (Å²) in [5, 5.41) is 13.2. The average Bonchev–Trinajstić information content (AvgIpc) is 2.58. The smallest absolute Gasteiger partial charge is 0.335 e. The van der Waals surface area contributed by atoms with Gasteiger partial charge in [0.05, 0.1) is 23.6 Å². The van der Waals surface area contributed by atoms with Gasteiger partial charge in [-0.25, -0.2) is 4.79 Å². The molecule has 0 fully saturated rings. The zero-order valence-electron chi connectivity index (χ0n) is 13.2. The van der Waals surface area contributed by atoms with E-state index in [1.54, 1.807) is 12.1 Å². The van der Waals surface area contributed by atoms with Crippen molar-refractivity contribution in [1.82, 2.24) is 0 Å². The van der Waals surface area contributed by atoms with Gasteiger partial charge in [0.25, 0.3) is 0 Å². The van der Waals surface area contributed by atoms with Crippen molar-refractivity contribution in [3.8, 4) is 5.75 Å². The van der Waals surface area contributed by atoms with Crippen LogP contribution in [0.15, 0.2) is 53.6 Å². The molecule has 0 saturated heterocycles. The maximum absolute atomic E-state index is 10.8. The Bertz CT molecular complexity index is 676. The van der Waals surface area contributed by atoms with Gasteiger partial charge in [0, 0.05) is 0 Å². The van der Waals surface area contributed by atoms with Crippen LogP contribution in [0.4, 0.5) is 5.69 Å². The minimum Gasteiger partial charge on any atom is -0.494 e. The molecule has 0 atom stereocenters. The standard InChI is InChI=1S/C18H20N2O3/c1-3-12-23-17-10-6-14(7-11-17)13(2)19-20-16-8-4-15(5-9-16)18(21)22/h4-11,20H,3,12H2,1-2H3,(H,21,22)/b19-13-. The number of hydrogen-bond donors (Lipinski definition) is 2. The first kappa shape index (κ1) is 16.5. The topological polar surface area (TPSA) is 70.9 Å². The number of carboxylic acid groups (broad SMARTS) is 1. The van der Waals surface area contributed by atoms with Crippen LogP contribution >= 0.6 is 0 Å². The van der Waals surface area contributed by atoms with Crippen LogP contribution in [0.25, 0.3) is 0 Å². The first-order valence-corrected chi connectivity index (χ1v) is 7.47. The number of nitrogens with one attached hydrogen (secondary N) is 1. The quantitative estimate of drug-likeness (QED) is 0.598. The predicted molar refractivity (Wildman–Crippen MR) is 91.5 cm³/mol. The maximum Gasteiger partial charge on any atom is 0.335 e. The third kappa shape index (κ3) is 4.85. The third-order valence-corrected chi connectivity index (χ3v) is 3.23. The van der Waals surface area contributed by atoms with E-state index < -0.39 is 5.97 Å². The Morgan fingerprint density at radius 1 is 1.09 bits per heavy atom. The number of carbonyl (C=O) groups is 1. The van der Waals surface area contributed by atoms with Gasteiger partial charge in [-0.2, -0.15) is 5.10 Å². The summed E-state index contributed by atoms with van der Waals surface area (Å²) in [6.07, 6.45) is 0.979. The molecular formula is C18H20N2O3. The second-order valence-corrected chi connectivity index (χ2v) is 5.06. The number of benzene rings is 2. The van der Waals surface area contributed by atoms with Gasteiger partial charge in [0.2, 0.25) is 0 Å². The number of ether oxygens (including phenoxy) is 1. The molecule has 0 aliphatic carbocycles. The van der Waals surface area contributed by atoms with E-state index in [9.17, 15) is 4.79 Å². The van der Waals surface area contributed by atoms with Crippen molar-refractivity contribution in [1.29, 1.82) is 0 Å². The molecule has 120 valence electrons. The van der Waals surface area contributed by atoms with Crippen molar-refractivity contribution >= 4 is 17.4 Å². The monoisotopic (exact) mass is 312 g/mol. The number of hydrogen-bond acceptors (Lipinski definition) is 4. The summed E-state index contributed by atoms with van der Waals surface area (Å²) in [6, 6.07) is 14.2. The van der Waals surface area contributed by atoms with Crippen molar-refractivity contribution in [2.24, 2.45) is 5.10 Å². The molecule has 0 amide bonds. The number of carboxylic acids is 1. The van der Waals surface area contributed by atoms with E-state index in [2.05, 4.69) is 17.5 Å². The summed E-state index contributed by atoms with van der Waals surface area (Å²) in [5.74, 6) is -0.0952. The Morgan fingerprint density at radius 3 is 2.26 bits per heavy atom.